The number of carbonyl (C=O) groups is 1. The highest BCUT2D eigenvalue weighted by atomic mass is 32.1. The molecule has 1 aromatic carbocycles. The summed E-state index contributed by atoms with van der Waals surface area (Å²) < 4.78 is 17.8. The molecule has 0 aliphatic carbocycles. The Bertz CT molecular complexity index is 815. The van der Waals surface area contributed by atoms with Crippen molar-refractivity contribution in [2.45, 2.75) is 32.0 Å². The van der Waals surface area contributed by atoms with Crippen molar-refractivity contribution < 1.29 is 9.18 Å². The first kappa shape index (κ1) is 16.8. The first-order valence-corrected chi connectivity index (χ1v) is 8.32. The second kappa shape index (κ2) is 6.82. The van der Waals surface area contributed by atoms with Gasteiger partial charge in [-0.2, -0.15) is 5.10 Å². The van der Waals surface area contributed by atoms with Gasteiger partial charge in [-0.05, 0) is 37.2 Å². The lowest BCUT2D eigenvalue weighted by Gasteiger charge is -2.33. The minimum Gasteiger partial charge on any atom is -0.368 e. The molecule has 1 saturated heterocycles. The minimum atomic E-state index is -0.347. The summed E-state index contributed by atoms with van der Waals surface area (Å²) in [7, 11) is 1.76. The highest BCUT2D eigenvalue weighted by Crippen LogP contribution is 2.22. The van der Waals surface area contributed by atoms with Crippen LogP contribution in [-0.2, 0) is 18.5 Å². The van der Waals surface area contributed by atoms with Crippen LogP contribution in [0.2, 0.25) is 0 Å². The Morgan fingerprint density at radius 3 is 2.88 bits per heavy atom. The molecule has 1 aromatic heterocycles. The van der Waals surface area contributed by atoms with E-state index in [4.69, 9.17) is 18.0 Å². The van der Waals surface area contributed by atoms with Gasteiger partial charge in [0.15, 0.2) is 10.6 Å². The van der Waals surface area contributed by atoms with E-state index in [1.807, 2.05) is 4.90 Å². The molecule has 0 saturated carbocycles. The zero-order chi connectivity index (χ0) is 17.3. The molecule has 2 heterocycles. The molecule has 2 N–H and O–H groups in total. The third kappa shape index (κ3) is 3.11. The summed E-state index contributed by atoms with van der Waals surface area (Å²) in [6.07, 6.45) is 2.73. The van der Waals surface area contributed by atoms with Crippen molar-refractivity contribution in [3.63, 3.8) is 0 Å². The van der Waals surface area contributed by atoms with E-state index in [1.165, 1.54) is 6.07 Å². The molecule has 1 atom stereocenters. The molecule has 24 heavy (non-hydrogen) atoms. The zero-order valence-corrected chi connectivity index (χ0v) is 14.3. The zero-order valence-electron chi connectivity index (χ0n) is 13.5. The number of amides is 1. The number of carbonyl (C=O) groups excluding carboxylic acids is 1. The standard InChI is InChI=1S/C16H20FN5OS/c1-20-15(11-6-2-3-7-12(11)17)19-22(16(20)24)10-21-9-5-4-8-13(21)14(18)23/h2-3,6-7,13H,4-5,8-10H2,1H3,(H2,18,23). The summed E-state index contributed by atoms with van der Waals surface area (Å²) in [5, 5.41) is 4.47. The summed E-state index contributed by atoms with van der Waals surface area (Å²) >= 11 is 5.43. The van der Waals surface area contributed by atoms with Gasteiger partial charge in [-0.3, -0.25) is 9.69 Å². The van der Waals surface area contributed by atoms with Gasteiger partial charge in [0.2, 0.25) is 5.91 Å². The van der Waals surface area contributed by atoms with Gasteiger partial charge < -0.3 is 10.3 Å². The van der Waals surface area contributed by atoms with Gasteiger partial charge in [-0.15, -0.1) is 0 Å². The Balaban J connectivity index is 1.93. The Morgan fingerprint density at radius 1 is 1.42 bits per heavy atom. The average Bonchev–Trinajstić information content (AvgIpc) is 2.84. The van der Waals surface area contributed by atoms with Crippen molar-refractivity contribution in [2.24, 2.45) is 12.8 Å². The fraction of sp³-hybridized carbons (Fsp3) is 0.438. The maximum Gasteiger partial charge on any atom is 0.234 e. The minimum absolute atomic E-state index is 0.306. The van der Waals surface area contributed by atoms with Crippen molar-refractivity contribution in [3.8, 4) is 11.4 Å². The number of piperidine rings is 1. The van der Waals surface area contributed by atoms with E-state index in [-0.39, 0.29) is 17.8 Å². The van der Waals surface area contributed by atoms with Crippen molar-refractivity contribution >= 4 is 18.1 Å². The first-order valence-electron chi connectivity index (χ1n) is 7.91. The van der Waals surface area contributed by atoms with Gasteiger partial charge in [0.25, 0.3) is 0 Å². The number of primary amides is 1. The van der Waals surface area contributed by atoms with Crippen molar-refractivity contribution in [3.05, 3.63) is 34.9 Å². The van der Waals surface area contributed by atoms with Crippen LogP contribution < -0.4 is 5.73 Å². The van der Waals surface area contributed by atoms with Crippen LogP contribution in [0, 0.1) is 10.6 Å². The lowest BCUT2D eigenvalue weighted by atomic mass is 10.0. The van der Waals surface area contributed by atoms with Crippen molar-refractivity contribution in [1.29, 1.82) is 0 Å². The van der Waals surface area contributed by atoms with E-state index in [2.05, 4.69) is 5.10 Å². The predicted octanol–water partition coefficient (Wildman–Crippen LogP) is 2.05. The second-order valence-corrected chi connectivity index (χ2v) is 6.38. The highest BCUT2D eigenvalue weighted by Gasteiger charge is 2.27. The quantitative estimate of drug-likeness (QED) is 0.858. The Morgan fingerprint density at radius 2 is 2.17 bits per heavy atom. The number of aromatic nitrogens is 3. The predicted molar refractivity (Wildman–Crippen MR) is 91.0 cm³/mol. The van der Waals surface area contributed by atoms with E-state index < -0.39 is 0 Å². The van der Waals surface area contributed by atoms with Crippen molar-refractivity contribution in [1.82, 2.24) is 19.2 Å². The molecule has 1 aliphatic rings. The van der Waals surface area contributed by atoms with Crippen LogP contribution in [0.1, 0.15) is 19.3 Å². The monoisotopic (exact) mass is 349 g/mol. The van der Waals surface area contributed by atoms with E-state index in [9.17, 15) is 9.18 Å². The summed E-state index contributed by atoms with van der Waals surface area (Å²) in [5.74, 6) is -0.210. The number of nitrogens with zero attached hydrogens (tertiary/aromatic N) is 4. The Kier molecular flexibility index (Phi) is 4.77. The number of rotatable bonds is 4. The number of benzene rings is 1. The van der Waals surface area contributed by atoms with Gasteiger partial charge in [0.1, 0.15) is 5.82 Å². The van der Waals surface area contributed by atoms with Crippen LogP contribution in [0.15, 0.2) is 24.3 Å². The van der Waals surface area contributed by atoms with Gasteiger partial charge in [-0.25, -0.2) is 9.07 Å². The molecule has 1 unspecified atom stereocenters. The van der Waals surface area contributed by atoms with Crippen LogP contribution in [0.5, 0.6) is 0 Å². The number of hydrogen-bond acceptors (Lipinski definition) is 4. The molecule has 1 amide bonds. The van der Waals surface area contributed by atoms with Gasteiger partial charge in [0, 0.05) is 13.6 Å². The highest BCUT2D eigenvalue weighted by molar-refractivity contribution is 7.71. The molecule has 8 heteroatoms. The molecule has 6 nitrogen and oxygen atoms in total. The van der Waals surface area contributed by atoms with Gasteiger partial charge >= 0.3 is 0 Å². The van der Waals surface area contributed by atoms with Crippen LogP contribution in [0.25, 0.3) is 11.4 Å². The molecular weight excluding hydrogens is 329 g/mol. The fourth-order valence-corrected chi connectivity index (χ4v) is 3.30. The Hall–Kier alpha value is -2.06. The van der Waals surface area contributed by atoms with Crippen LogP contribution in [0.4, 0.5) is 4.39 Å². The first-order chi connectivity index (χ1) is 11.5. The lowest BCUT2D eigenvalue weighted by molar-refractivity contribution is -0.125. The van der Waals surface area contributed by atoms with Crippen LogP contribution in [-0.4, -0.2) is 37.7 Å². The summed E-state index contributed by atoms with van der Waals surface area (Å²) in [4.78, 5) is 13.6. The fourth-order valence-electron chi connectivity index (χ4n) is 3.11. The number of hydrogen-bond donors (Lipinski definition) is 1. The maximum absolute atomic E-state index is 14.1. The largest absolute Gasteiger partial charge is 0.368 e. The molecular formula is C16H20FN5OS. The van der Waals surface area contributed by atoms with Crippen molar-refractivity contribution in [2.75, 3.05) is 6.54 Å². The number of halogens is 1. The van der Waals surface area contributed by atoms with E-state index in [0.717, 1.165) is 25.8 Å². The smallest absolute Gasteiger partial charge is 0.234 e. The van der Waals surface area contributed by atoms with E-state index >= 15 is 0 Å². The second-order valence-electron chi connectivity index (χ2n) is 6.01. The molecule has 0 spiro atoms. The van der Waals surface area contributed by atoms with Crippen LogP contribution in [0.3, 0.4) is 0 Å². The normalized spacial score (nSPS) is 18.7. The summed E-state index contributed by atoms with van der Waals surface area (Å²) in [6.45, 7) is 1.13. The topological polar surface area (TPSA) is 69.1 Å². The molecule has 128 valence electrons. The van der Waals surface area contributed by atoms with E-state index in [1.54, 1.807) is 34.5 Å². The molecule has 3 rings (SSSR count). The SMILES string of the molecule is Cn1c(-c2ccccc2F)nn(CN2CCCCC2C(N)=O)c1=S. The average molecular weight is 349 g/mol. The lowest BCUT2D eigenvalue weighted by Crippen LogP contribution is -2.48. The number of likely N-dealkylation sites (tertiary alicyclic amines) is 1. The molecule has 0 radical (unpaired) electrons. The van der Waals surface area contributed by atoms with E-state index in [0.29, 0.717) is 22.8 Å². The number of nitrogens with two attached hydrogens (primary N) is 1. The summed E-state index contributed by atoms with van der Waals surface area (Å²) in [6, 6.07) is 6.15. The molecule has 1 fully saturated rings. The van der Waals surface area contributed by atoms with Crippen LogP contribution >= 0.6 is 12.2 Å². The van der Waals surface area contributed by atoms with Gasteiger partial charge in [0.05, 0.1) is 18.3 Å². The van der Waals surface area contributed by atoms with Gasteiger partial charge in [-0.1, -0.05) is 18.6 Å². The molecule has 0 bridgehead atoms. The molecule has 2 aromatic rings. The third-order valence-corrected chi connectivity index (χ3v) is 4.90. The maximum atomic E-state index is 14.1. The molecule has 1 aliphatic heterocycles. The third-order valence-electron chi connectivity index (χ3n) is 4.41. The Labute approximate surface area is 144 Å². The summed E-state index contributed by atoms with van der Waals surface area (Å²) in [5.41, 5.74) is 5.90.